The number of carbonyl (C=O) groups excluding carboxylic acids is 1. The second-order valence-corrected chi connectivity index (χ2v) is 5.45. The van der Waals surface area contributed by atoms with Crippen molar-refractivity contribution in [3.8, 4) is 5.75 Å². The zero-order chi connectivity index (χ0) is 14.8. The fourth-order valence-corrected chi connectivity index (χ4v) is 2.25. The highest BCUT2D eigenvalue weighted by molar-refractivity contribution is 6.09. The Balaban J connectivity index is 1.78. The van der Waals surface area contributed by atoms with E-state index in [2.05, 4.69) is 0 Å². The van der Waals surface area contributed by atoms with Crippen LogP contribution < -0.4 is 4.74 Å². The molecule has 1 aliphatic heterocycles. The highest BCUT2D eigenvalue weighted by Gasteiger charge is 2.23. The standard InChI is InChI=1S/C18H18O3/c1-12-4-3-5-14(8-12)18(19)15-6-7-17(13(2)9-15)21-11-16-10-20-16/h3-9,16H,10-11H2,1-2H3. The van der Waals surface area contributed by atoms with Gasteiger partial charge in [-0.15, -0.1) is 0 Å². The maximum atomic E-state index is 12.5. The Morgan fingerprint density at radius 3 is 2.62 bits per heavy atom. The maximum absolute atomic E-state index is 12.5. The van der Waals surface area contributed by atoms with Gasteiger partial charge in [0.15, 0.2) is 5.78 Å². The minimum absolute atomic E-state index is 0.0406. The molecule has 1 aliphatic rings. The van der Waals surface area contributed by atoms with E-state index >= 15 is 0 Å². The van der Waals surface area contributed by atoms with Crippen LogP contribution in [0.5, 0.6) is 5.75 Å². The number of hydrogen-bond acceptors (Lipinski definition) is 3. The number of aryl methyl sites for hydroxylation is 2. The van der Waals surface area contributed by atoms with Crippen LogP contribution in [0, 0.1) is 13.8 Å². The van der Waals surface area contributed by atoms with Crippen LogP contribution in [0.25, 0.3) is 0 Å². The second kappa shape index (κ2) is 5.70. The lowest BCUT2D eigenvalue weighted by molar-refractivity contribution is 0.103. The second-order valence-electron chi connectivity index (χ2n) is 5.45. The van der Waals surface area contributed by atoms with Crippen molar-refractivity contribution in [2.45, 2.75) is 20.0 Å². The zero-order valence-electron chi connectivity index (χ0n) is 12.3. The quantitative estimate of drug-likeness (QED) is 0.624. The van der Waals surface area contributed by atoms with Crippen molar-refractivity contribution in [1.82, 2.24) is 0 Å². The summed E-state index contributed by atoms with van der Waals surface area (Å²) >= 11 is 0. The van der Waals surface area contributed by atoms with Crippen LogP contribution in [0.1, 0.15) is 27.0 Å². The van der Waals surface area contributed by atoms with Crippen LogP contribution >= 0.6 is 0 Å². The van der Waals surface area contributed by atoms with Gasteiger partial charge in [-0.3, -0.25) is 4.79 Å². The summed E-state index contributed by atoms with van der Waals surface area (Å²) in [7, 11) is 0. The van der Waals surface area contributed by atoms with Gasteiger partial charge in [0.1, 0.15) is 18.5 Å². The summed E-state index contributed by atoms with van der Waals surface area (Å²) < 4.78 is 10.8. The summed E-state index contributed by atoms with van der Waals surface area (Å²) in [6.07, 6.45) is 0.234. The molecule has 3 rings (SSSR count). The van der Waals surface area contributed by atoms with Gasteiger partial charge in [0.2, 0.25) is 0 Å². The summed E-state index contributed by atoms with van der Waals surface area (Å²) in [5.41, 5.74) is 3.46. The van der Waals surface area contributed by atoms with Gasteiger partial charge in [-0.25, -0.2) is 0 Å². The van der Waals surface area contributed by atoms with E-state index in [1.807, 2.05) is 56.3 Å². The van der Waals surface area contributed by atoms with Crippen molar-refractivity contribution in [2.75, 3.05) is 13.2 Å². The number of hydrogen-bond donors (Lipinski definition) is 0. The maximum Gasteiger partial charge on any atom is 0.193 e. The lowest BCUT2D eigenvalue weighted by Crippen LogP contribution is -2.06. The lowest BCUT2D eigenvalue weighted by Gasteiger charge is -2.09. The number of carbonyl (C=O) groups is 1. The molecular weight excluding hydrogens is 264 g/mol. The van der Waals surface area contributed by atoms with Crippen LogP contribution in [0.3, 0.4) is 0 Å². The van der Waals surface area contributed by atoms with Gasteiger partial charge < -0.3 is 9.47 Å². The molecule has 1 atom stereocenters. The van der Waals surface area contributed by atoms with Gasteiger partial charge in [0.25, 0.3) is 0 Å². The Morgan fingerprint density at radius 2 is 1.95 bits per heavy atom. The van der Waals surface area contributed by atoms with Gasteiger partial charge in [0.05, 0.1) is 6.61 Å². The molecule has 1 heterocycles. The molecule has 0 bridgehead atoms. The molecule has 3 heteroatoms. The summed E-state index contributed by atoms with van der Waals surface area (Å²) in [5, 5.41) is 0. The van der Waals surface area contributed by atoms with Crippen molar-refractivity contribution < 1.29 is 14.3 Å². The first kappa shape index (κ1) is 13.8. The summed E-state index contributed by atoms with van der Waals surface area (Å²) in [4.78, 5) is 12.5. The SMILES string of the molecule is Cc1cccc(C(=O)c2ccc(OCC3CO3)c(C)c2)c1. The first-order valence-electron chi connectivity index (χ1n) is 7.10. The fourth-order valence-electron chi connectivity index (χ4n) is 2.25. The van der Waals surface area contributed by atoms with Crippen molar-refractivity contribution >= 4 is 5.78 Å². The Bertz CT molecular complexity index is 672. The van der Waals surface area contributed by atoms with Crippen molar-refractivity contribution in [3.05, 3.63) is 64.7 Å². The van der Waals surface area contributed by atoms with E-state index < -0.39 is 0 Å². The van der Waals surface area contributed by atoms with Crippen LogP contribution in [0.2, 0.25) is 0 Å². The zero-order valence-corrected chi connectivity index (χ0v) is 12.3. The third-order valence-electron chi connectivity index (χ3n) is 3.54. The monoisotopic (exact) mass is 282 g/mol. The smallest absolute Gasteiger partial charge is 0.193 e. The summed E-state index contributed by atoms with van der Waals surface area (Å²) in [6, 6.07) is 13.2. The fraction of sp³-hybridized carbons (Fsp3) is 0.278. The molecule has 2 aromatic rings. The highest BCUT2D eigenvalue weighted by atomic mass is 16.6. The highest BCUT2D eigenvalue weighted by Crippen LogP contribution is 2.22. The molecule has 1 fully saturated rings. The predicted molar refractivity (Wildman–Crippen MR) is 81.0 cm³/mol. The molecule has 0 radical (unpaired) electrons. The Hall–Kier alpha value is -2.13. The van der Waals surface area contributed by atoms with E-state index in [1.165, 1.54) is 0 Å². The van der Waals surface area contributed by atoms with Gasteiger partial charge in [-0.2, -0.15) is 0 Å². The minimum Gasteiger partial charge on any atom is -0.491 e. The normalized spacial score (nSPS) is 16.6. The lowest BCUT2D eigenvalue weighted by atomic mass is 10.00. The Kier molecular flexibility index (Phi) is 3.76. The van der Waals surface area contributed by atoms with E-state index in [0.717, 1.165) is 29.0 Å². The number of ether oxygens (including phenoxy) is 2. The number of benzene rings is 2. The van der Waals surface area contributed by atoms with Gasteiger partial charge >= 0.3 is 0 Å². The molecule has 21 heavy (non-hydrogen) atoms. The van der Waals surface area contributed by atoms with Gasteiger partial charge in [-0.05, 0) is 43.7 Å². The van der Waals surface area contributed by atoms with Crippen molar-refractivity contribution in [3.63, 3.8) is 0 Å². The molecule has 0 N–H and O–H groups in total. The van der Waals surface area contributed by atoms with Crippen LogP contribution in [-0.4, -0.2) is 25.1 Å². The van der Waals surface area contributed by atoms with E-state index in [0.29, 0.717) is 12.2 Å². The predicted octanol–water partition coefficient (Wildman–Crippen LogP) is 3.31. The van der Waals surface area contributed by atoms with Crippen LogP contribution in [-0.2, 0) is 4.74 Å². The first-order chi connectivity index (χ1) is 10.1. The van der Waals surface area contributed by atoms with E-state index in [4.69, 9.17) is 9.47 Å². The third kappa shape index (κ3) is 3.31. The Labute approximate surface area is 124 Å². The van der Waals surface area contributed by atoms with E-state index in [9.17, 15) is 4.79 Å². The molecular formula is C18H18O3. The molecule has 0 aliphatic carbocycles. The van der Waals surface area contributed by atoms with Gasteiger partial charge in [-0.1, -0.05) is 23.8 Å². The van der Waals surface area contributed by atoms with Crippen LogP contribution in [0.15, 0.2) is 42.5 Å². The number of ketones is 1. The first-order valence-corrected chi connectivity index (χ1v) is 7.10. The molecule has 0 aromatic heterocycles. The van der Waals surface area contributed by atoms with Gasteiger partial charge in [0, 0.05) is 11.1 Å². The number of rotatable bonds is 5. The summed E-state index contributed by atoms with van der Waals surface area (Å²) in [5.74, 6) is 0.852. The van der Waals surface area contributed by atoms with Crippen molar-refractivity contribution in [1.29, 1.82) is 0 Å². The molecule has 0 amide bonds. The summed E-state index contributed by atoms with van der Waals surface area (Å²) in [6.45, 7) is 5.30. The topological polar surface area (TPSA) is 38.8 Å². The third-order valence-corrected chi connectivity index (χ3v) is 3.54. The molecule has 108 valence electrons. The molecule has 3 nitrogen and oxygen atoms in total. The number of epoxide rings is 1. The van der Waals surface area contributed by atoms with E-state index in [-0.39, 0.29) is 11.9 Å². The molecule has 2 aromatic carbocycles. The largest absolute Gasteiger partial charge is 0.491 e. The van der Waals surface area contributed by atoms with Crippen molar-refractivity contribution in [2.24, 2.45) is 0 Å². The molecule has 1 saturated heterocycles. The Morgan fingerprint density at radius 1 is 1.19 bits per heavy atom. The molecule has 0 spiro atoms. The average molecular weight is 282 g/mol. The van der Waals surface area contributed by atoms with E-state index in [1.54, 1.807) is 0 Å². The molecule has 1 unspecified atom stereocenters. The minimum atomic E-state index is 0.0406. The molecule has 0 saturated carbocycles. The van der Waals surface area contributed by atoms with Crippen LogP contribution in [0.4, 0.5) is 0 Å². The average Bonchev–Trinajstić information content (AvgIpc) is 3.29.